The number of aliphatic hydroxyl groups is 1. The molecule has 0 saturated heterocycles. The predicted molar refractivity (Wildman–Crippen MR) is 94.5 cm³/mol. The first-order valence-electron chi connectivity index (χ1n) is 8.26. The third kappa shape index (κ3) is 4.55. The summed E-state index contributed by atoms with van der Waals surface area (Å²) in [5.41, 5.74) is 1.52. The quantitative estimate of drug-likeness (QED) is 0.871. The van der Waals surface area contributed by atoms with Crippen LogP contribution in [0.2, 0.25) is 0 Å². The van der Waals surface area contributed by atoms with E-state index in [0.29, 0.717) is 5.75 Å². The Kier molecular flexibility index (Phi) is 5.48. The second-order valence-corrected chi connectivity index (χ2v) is 7.18. The zero-order chi connectivity index (χ0) is 16.9. The number of rotatable bonds is 5. The average molecular weight is 346 g/mol. The number of benzene rings is 1. The van der Waals surface area contributed by atoms with Crippen LogP contribution in [0.15, 0.2) is 29.6 Å². The molecule has 0 spiro atoms. The van der Waals surface area contributed by atoms with E-state index in [1.807, 2.05) is 36.6 Å². The highest BCUT2D eigenvalue weighted by atomic mass is 32.1. The molecule has 0 unspecified atom stereocenters. The van der Waals surface area contributed by atoms with Crippen molar-refractivity contribution in [2.24, 2.45) is 0 Å². The number of hydrogen-bond acceptors (Lipinski definition) is 5. The summed E-state index contributed by atoms with van der Waals surface area (Å²) in [6.45, 7) is 1.92. The van der Waals surface area contributed by atoms with Crippen molar-refractivity contribution in [2.75, 3.05) is 5.32 Å². The van der Waals surface area contributed by atoms with E-state index in [2.05, 4.69) is 10.3 Å². The maximum atomic E-state index is 12.0. The summed E-state index contributed by atoms with van der Waals surface area (Å²) in [7, 11) is 0. The number of ether oxygens (including phenoxy) is 1. The fourth-order valence-electron chi connectivity index (χ4n) is 2.87. The number of aromatic nitrogens is 1. The summed E-state index contributed by atoms with van der Waals surface area (Å²) in [6.07, 6.45) is 3.58. The standard InChI is InChI=1S/C18H22N2O3S/c1-12-19-14(11-24-12)10-18(22)20-13-6-8-15(9-7-13)23-17-5-3-2-4-16(17)21/h6-9,11,16-17,21H,2-5,10H2,1H3,(H,20,22)/t16-,17-/m0/s1. The van der Waals surface area contributed by atoms with E-state index in [4.69, 9.17) is 4.74 Å². The molecule has 1 amide bonds. The molecular weight excluding hydrogens is 324 g/mol. The van der Waals surface area contributed by atoms with Crippen LogP contribution in [0, 0.1) is 6.92 Å². The van der Waals surface area contributed by atoms with E-state index in [0.717, 1.165) is 42.1 Å². The number of aryl methyl sites for hydroxylation is 1. The number of anilines is 1. The molecule has 0 aliphatic heterocycles. The summed E-state index contributed by atoms with van der Waals surface area (Å²) in [6, 6.07) is 7.28. The van der Waals surface area contributed by atoms with Gasteiger partial charge in [0.05, 0.1) is 23.2 Å². The van der Waals surface area contributed by atoms with Crippen molar-refractivity contribution in [3.05, 3.63) is 40.3 Å². The van der Waals surface area contributed by atoms with Gasteiger partial charge in [0.25, 0.3) is 0 Å². The highest BCUT2D eigenvalue weighted by Crippen LogP contribution is 2.25. The highest BCUT2D eigenvalue weighted by molar-refractivity contribution is 7.09. The average Bonchev–Trinajstić information content (AvgIpc) is 2.96. The molecule has 2 N–H and O–H groups in total. The molecule has 0 radical (unpaired) electrons. The minimum Gasteiger partial charge on any atom is -0.488 e. The first-order chi connectivity index (χ1) is 11.6. The van der Waals surface area contributed by atoms with Crippen molar-refractivity contribution in [3.63, 3.8) is 0 Å². The van der Waals surface area contributed by atoms with E-state index in [9.17, 15) is 9.90 Å². The molecule has 1 aromatic carbocycles. The smallest absolute Gasteiger partial charge is 0.230 e. The first kappa shape index (κ1) is 16.9. The summed E-state index contributed by atoms with van der Waals surface area (Å²) in [4.78, 5) is 16.3. The predicted octanol–water partition coefficient (Wildman–Crippen LogP) is 3.32. The third-order valence-corrected chi connectivity index (χ3v) is 4.92. The Labute approximate surface area is 145 Å². The molecule has 0 bridgehead atoms. The van der Waals surface area contributed by atoms with Crippen molar-refractivity contribution in [1.29, 1.82) is 0 Å². The Morgan fingerprint density at radius 3 is 2.75 bits per heavy atom. The lowest BCUT2D eigenvalue weighted by molar-refractivity contribution is -0.115. The summed E-state index contributed by atoms with van der Waals surface area (Å²) < 4.78 is 5.85. The largest absolute Gasteiger partial charge is 0.488 e. The molecule has 1 heterocycles. The third-order valence-electron chi connectivity index (χ3n) is 4.10. The monoisotopic (exact) mass is 346 g/mol. The summed E-state index contributed by atoms with van der Waals surface area (Å²) in [5.74, 6) is 0.630. The lowest BCUT2D eigenvalue weighted by Crippen LogP contribution is -2.34. The van der Waals surface area contributed by atoms with E-state index in [-0.39, 0.29) is 24.5 Å². The van der Waals surface area contributed by atoms with Crippen molar-refractivity contribution < 1.29 is 14.6 Å². The van der Waals surface area contributed by atoms with Gasteiger partial charge in [-0.05, 0) is 50.5 Å². The Bertz CT molecular complexity index is 684. The number of nitrogens with one attached hydrogen (secondary N) is 1. The molecule has 6 heteroatoms. The number of carbonyl (C=O) groups excluding carboxylic acids is 1. The van der Waals surface area contributed by atoms with E-state index in [1.165, 1.54) is 0 Å². The molecule has 24 heavy (non-hydrogen) atoms. The van der Waals surface area contributed by atoms with Gasteiger partial charge < -0.3 is 15.2 Å². The van der Waals surface area contributed by atoms with Gasteiger partial charge in [-0.25, -0.2) is 4.98 Å². The van der Waals surface area contributed by atoms with Gasteiger partial charge in [0.2, 0.25) is 5.91 Å². The molecule has 1 saturated carbocycles. The number of carbonyl (C=O) groups is 1. The molecule has 3 rings (SSSR count). The van der Waals surface area contributed by atoms with Gasteiger partial charge in [0, 0.05) is 11.1 Å². The lowest BCUT2D eigenvalue weighted by Gasteiger charge is -2.28. The molecule has 128 valence electrons. The Morgan fingerprint density at radius 1 is 1.33 bits per heavy atom. The Balaban J connectivity index is 1.53. The number of amides is 1. The molecule has 1 aliphatic rings. The van der Waals surface area contributed by atoms with Crippen molar-refractivity contribution >= 4 is 22.9 Å². The van der Waals surface area contributed by atoms with Crippen LogP contribution in [-0.2, 0) is 11.2 Å². The van der Waals surface area contributed by atoms with E-state index < -0.39 is 0 Å². The maximum Gasteiger partial charge on any atom is 0.230 e. The van der Waals surface area contributed by atoms with Crippen LogP contribution in [0.5, 0.6) is 5.75 Å². The van der Waals surface area contributed by atoms with Crippen LogP contribution in [0.25, 0.3) is 0 Å². The first-order valence-corrected chi connectivity index (χ1v) is 9.14. The topological polar surface area (TPSA) is 71.5 Å². The van der Waals surface area contributed by atoms with Crippen LogP contribution < -0.4 is 10.1 Å². The summed E-state index contributed by atoms with van der Waals surface area (Å²) >= 11 is 1.54. The van der Waals surface area contributed by atoms with Gasteiger partial charge in [0.1, 0.15) is 11.9 Å². The number of nitrogens with zero attached hydrogens (tertiary/aromatic N) is 1. The number of thiazole rings is 1. The van der Waals surface area contributed by atoms with Crippen molar-refractivity contribution in [1.82, 2.24) is 4.98 Å². The molecular formula is C18H22N2O3S. The van der Waals surface area contributed by atoms with Crippen molar-refractivity contribution in [3.8, 4) is 5.75 Å². The van der Waals surface area contributed by atoms with Crippen LogP contribution in [-0.4, -0.2) is 28.2 Å². The zero-order valence-electron chi connectivity index (χ0n) is 13.7. The van der Waals surface area contributed by atoms with Gasteiger partial charge in [-0.15, -0.1) is 11.3 Å². The van der Waals surface area contributed by atoms with Gasteiger partial charge in [-0.2, -0.15) is 0 Å². The second-order valence-electron chi connectivity index (χ2n) is 6.12. The minimum atomic E-state index is -0.389. The number of aliphatic hydroxyl groups excluding tert-OH is 1. The van der Waals surface area contributed by atoms with Crippen molar-refractivity contribution in [2.45, 2.75) is 51.2 Å². The van der Waals surface area contributed by atoms with Crippen LogP contribution in [0.4, 0.5) is 5.69 Å². The van der Waals surface area contributed by atoms with Crippen LogP contribution in [0.1, 0.15) is 36.4 Å². The second kappa shape index (κ2) is 7.77. The van der Waals surface area contributed by atoms with Gasteiger partial charge in [-0.3, -0.25) is 4.79 Å². The lowest BCUT2D eigenvalue weighted by atomic mass is 9.95. The normalized spacial score (nSPS) is 20.6. The highest BCUT2D eigenvalue weighted by Gasteiger charge is 2.24. The Hall–Kier alpha value is -1.92. The molecule has 1 fully saturated rings. The molecule has 1 aliphatic carbocycles. The molecule has 5 nitrogen and oxygen atoms in total. The van der Waals surface area contributed by atoms with E-state index >= 15 is 0 Å². The molecule has 2 aromatic rings. The Morgan fingerprint density at radius 2 is 2.08 bits per heavy atom. The fourth-order valence-corrected chi connectivity index (χ4v) is 3.48. The minimum absolute atomic E-state index is 0.0864. The van der Waals surface area contributed by atoms with Gasteiger partial charge in [-0.1, -0.05) is 6.42 Å². The maximum absolute atomic E-state index is 12.0. The molecule has 1 aromatic heterocycles. The van der Waals surface area contributed by atoms with Gasteiger partial charge in [0.15, 0.2) is 0 Å². The van der Waals surface area contributed by atoms with Crippen LogP contribution >= 0.6 is 11.3 Å². The van der Waals surface area contributed by atoms with E-state index in [1.54, 1.807) is 11.3 Å². The fraction of sp³-hybridized carbons (Fsp3) is 0.444. The SMILES string of the molecule is Cc1nc(CC(=O)Nc2ccc(O[C@H]3CCCC[C@@H]3O)cc2)cs1. The van der Waals surface area contributed by atoms with Crippen LogP contribution in [0.3, 0.4) is 0 Å². The van der Waals surface area contributed by atoms with Gasteiger partial charge >= 0.3 is 0 Å². The summed E-state index contributed by atoms with van der Waals surface area (Å²) in [5, 5.41) is 15.7. The molecule has 2 atom stereocenters. The number of hydrogen-bond donors (Lipinski definition) is 2. The zero-order valence-corrected chi connectivity index (χ0v) is 14.5.